The van der Waals surface area contributed by atoms with Crippen LogP contribution >= 0.6 is 0 Å². The van der Waals surface area contributed by atoms with Crippen molar-refractivity contribution in [3.63, 3.8) is 0 Å². The van der Waals surface area contributed by atoms with Crippen molar-refractivity contribution in [3.8, 4) is 0 Å². The van der Waals surface area contributed by atoms with Crippen molar-refractivity contribution < 1.29 is 13.9 Å². The van der Waals surface area contributed by atoms with Gasteiger partial charge in [-0.1, -0.05) is 5.11 Å². The molecule has 1 amide bonds. The van der Waals surface area contributed by atoms with Crippen LogP contribution in [0.4, 0.5) is 4.79 Å². The average molecular weight is 267 g/mol. The van der Waals surface area contributed by atoms with Gasteiger partial charge in [0.05, 0.1) is 18.8 Å². The summed E-state index contributed by atoms with van der Waals surface area (Å²) in [4.78, 5) is 18.2. The molecule has 1 N–H and O–H groups in total. The molecule has 0 aromatic carbocycles. The van der Waals surface area contributed by atoms with Crippen LogP contribution in [0.5, 0.6) is 0 Å². The Hall–Kier alpha value is -2.21. The third kappa shape index (κ3) is 5.31. The van der Waals surface area contributed by atoms with E-state index in [0.717, 1.165) is 0 Å². The predicted molar refractivity (Wildman–Crippen MR) is 67.2 cm³/mol. The number of nitrogens with one attached hydrogen (secondary N) is 1. The molecule has 0 saturated carbocycles. The Bertz CT molecular complexity index is 497. The van der Waals surface area contributed by atoms with Crippen LogP contribution in [0.25, 0.3) is 10.4 Å². The fraction of sp³-hybridized carbons (Fsp3) is 0.636. The molecule has 0 radical (unpaired) electrons. The molecule has 0 bridgehead atoms. The Morgan fingerprint density at radius 2 is 2.26 bits per heavy atom. The number of alkyl carbamates (subject to hydrolysis) is 1. The third-order valence-electron chi connectivity index (χ3n) is 2.00. The Kier molecular flexibility index (Phi) is 4.77. The molecule has 19 heavy (non-hydrogen) atoms. The lowest BCUT2D eigenvalue weighted by molar-refractivity contribution is 0.0518. The summed E-state index contributed by atoms with van der Waals surface area (Å²) >= 11 is 0. The number of aryl methyl sites for hydroxylation is 1. The average Bonchev–Trinajstić information content (AvgIpc) is 2.62. The number of aromatic nitrogens is 1. The summed E-state index contributed by atoms with van der Waals surface area (Å²) < 4.78 is 10.4. The Balaban J connectivity index is 2.54. The molecule has 0 spiro atoms. The molecule has 1 rings (SSSR count). The molecular formula is C11H17N5O3. The molecular weight excluding hydrogens is 250 g/mol. The fourth-order valence-corrected chi connectivity index (χ4v) is 1.27. The summed E-state index contributed by atoms with van der Waals surface area (Å²) in [5.74, 6) is 0.824. The zero-order valence-corrected chi connectivity index (χ0v) is 11.4. The van der Waals surface area contributed by atoms with Crippen LogP contribution in [-0.2, 0) is 17.8 Å². The second kappa shape index (κ2) is 6.10. The highest BCUT2D eigenvalue weighted by atomic mass is 16.6. The largest absolute Gasteiger partial charge is 0.444 e. The van der Waals surface area contributed by atoms with E-state index in [1.807, 2.05) is 0 Å². The molecule has 0 aliphatic heterocycles. The van der Waals surface area contributed by atoms with E-state index >= 15 is 0 Å². The first-order valence-corrected chi connectivity index (χ1v) is 5.74. The Labute approximate surface area is 110 Å². The lowest BCUT2D eigenvalue weighted by Gasteiger charge is -2.19. The molecule has 0 fully saturated rings. The molecule has 0 saturated heterocycles. The number of azide groups is 1. The molecule has 0 unspecified atom stereocenters. The van der Waals surface area contributed by atoms with E-state index in [0.29, 0.717) is 17.3 Å². The van der Waals surface area contributed by atoms with Crippen molar-refractivity contribution in [2.24, 2.45) is 5.11 Å². The molecule has 1 aromatic heterocycles. The standard InChI is InChI=1S/C11H17N5O3/c1-7-8(5-14-16-12)18-9(15-7)6-13-10(17)19-11(2,3)4/h5-6H2,1-4H3,(H,13,17). The van der Waals surface area contributed by atoms with Crippen LogP contribution < -0.4 is 5.32 Å². The molecule has 1 heterocycles. The second-order valence-electron chi connectivity index (χ2n) is 4.86. The first-order chi connectivity index (χ1) is 8.81. The van der Waals surface area contributed by atoms with Gasteiger partial charge < -0.3 is 14.5 Å². The highest BCUT2D eigenvalue weighted by molar-refractivity contribution is 5.67. The van der Waals surface area contributed by atoms with Gasteiger partial charge in [0.15, 0.2) is 0 Å². The van der Waals surface area contributed by atoms with Crippen molar-refractivity contribution in [1.29, 1.82) is 0 Å². The van der Waals surface area contributed by atoms with Gasteiger partial charge in [-0.3, -0.25) is 0 Å². The van der Waals surface area contributed by atoms with Gasteiger partial charge in [-0.2, -0.15) is 0 Å². The maximum Gasteiger partial charge on any atom is 0.408 e. The number of carbonyl (C=O) groups excluding carboxylic acids is 1. The van der Waals surface area contributed by atoms with Crippen LogP contribution in [0.1, 0.15) is 38.1 Å². The maximum atomic E-state index is 11.4. The minimum absolute atomic E-state index is 0.0990. The fourth-order valence-electron chi connectivity index (χ4n) is 1.27. The number of carbonyl (C=O) groups is 1. The smallest absolute Gasteiger partial charge is 0.408 e. The third-order valence-corrected chi connectivity index (χ3v) is 2.00. The minimum atomic E-state index is -0.552. The maximum absolute atomic E-state index is 11.4. The van der Waals surface area contributed by atoms with Crippen LogP contribution in [0.3, 0.4) is 0 Å². The van der Waals surface area contributed by atoms with E-state index < -0.39 is 11.7 Å². The number of hydrogen-bond donors (Lipinski definition) is 1. The Morgan fingerprint density at radius 3 is 2.84 bits per heavy atom. The summed E-state index contributed by atoms with van der Waals surface area (Å²) in [5, 5.41) is 5.93. The normalized spacial score (nSPS) is 10.7. The quantitative estimate of drug-likeness (QED) is 0.513. The lowest BCUT2D eigenvalue weighted by atomic mass is 10.2. The van der Waals surface area contributed by atoms with Crippen LogP contribution in [-0.4, -0.2) is 16.7 Å². The topological polar surface area (TPSA) is 113 Å². The second-order valence-corrected chi connectivity index (χ2v) is 4.86. The van der Waals surface area contributed by atoms with Crippen LogP contribution in [0.15, 0.2) is 9.53 Å². The van der Waals surface area contributed by atoms with Crippen molar-refractivity contribution in [3.05, 3.63) is 27.8 Å². The van der Waals surface area contributed by atoms with E-state index in [1.54, 1.807) is 27.7 Å². The van der Waals surface area contributed by atoms with Gasteiger partial charge in [0.1, 0.15) is 11.4 Å². The highest BCUT2D eigenvalue weighted by Gasteiger charge is 2.16. The molecule has 8 heteroatoms. The van der Waals surface area contributed by atoms with E-state index in [4.69, 9.17) is 14.7 Å². The number of rotatable bonds is 4. The van der Waals surface area contributed by atoms with Gasteiger partial charge in [-0.05, 0) is 33.2 Å². The monoisotopic (exact) mass is 267 g/mol. The molecule has 104 valence electrons. The molecule has 0 aliphatic carbocycles. The van der Waals surface area contributed by atoms with Crippen LogP contribution in [0, 0.1) is 6.92 Å². The van der Waals surface area contributed by atoms with Gasteiger partial charge in [0, 0.05) is 4.91 Å². The Morgan fingerprint density at radius 1 is 1.58 bits per heavy atom. The zero-order valence-electron chi connectivity index (χ0n) is 11.4. The van der Waals surface area contributed by atoms with E-state index in [-0.39, 0.29) is 13.1 Å². The van der Waals surface area contributed by atoms with Crippen molar-refractivity contribution in [1.82, 2.24) is 10.3 Å². The van der Waals surface area contributed by atoms with Crippen molar-refractivity contribution in [2.75, 3.05) is 0 Å². The number of oxazole rings is 1. The van der Waals surface area contributed by atoms with E-state index in [9.17, 15) is 4.79 Å². The van der Waals surface area contributed by atoms with E-state index in [1.165, 1.54) is 0 Å². The number of hydrogen-bond acceptors (Lipinski definition) is 5. The summed E-state index contributed by atoms with van der Waals surface area (Å²) in [6.45, 7) is 7.29. The lowest BCUT2D eigenvalue weighted by Crippen LogP contribution is -2.32. The summed E-state index contributed by atoms with van der Waals surface area (Å²) in [6.07, 6.45) is -0.542. The van der Waals surface area contributed by atoms with Crippen molar-refractivity contribution >= 4 is 6.09 Å². The molecule has 0 atom stereocenters. The summed E-state index contributed by atoms with van der Waals surface area (Å²) in [5.41, 5.74) is 8.31. The molecule has 8 nitrogen and oxygen atoms in total. The summed E-state index contributed by atoms with van der Waals surface area (Å²) in [7, 11) is 0. The number of amides is 1. The van der Waals surface area contributed by atoms with Gasteiger partial charge in [0.25, 0.3) is 0 Å². The van der Waals surface area contributed by atoms with Gasteiger partial charge in [-0.15, -0.1) is 0 Å². The SMILES string of the molecule is Cc1nc(CNC(=O)OC(C)(C)C)oc1CN=[N+]=[N-]. The summed E-state index contributed by atoms with van der Waals surface area (Å²) in [6, 6.07) is 0. The van der Waals surface area contributed by atoms with Gasteiger partial charge in [-0.25, -0.2) is 9.78 Å². The predicted octanol–water partition coefficient (Wildman–Crippen LogP) is 2.82. The molecule has 1 aromatic rings. The van der Waals surface area contributed by atoms with Crippen LogP contribution in [0.2, 0.25) is 0 Å². The first kappa shape index (κ1) is 14.8. The van der Waals surface area contributed by atoms with Gasteiger partial charge in [0.2, 0.25) is 5.89 Å². The number of ether oxygens (including phenoxy) is 1. The van der Waals surface area contributed by atoms with E-state index in [2.05, 4.69) is 20.3 Å². The number of nitrogens with zero attached hydrogens (tertiary/aromatic N) is 4. The van der Waals surface area contributed by atoms with Gasteiger partial charge >= 0.3 is 6.09 Å². The minimum Gasteiger partial charge on any atom is -0.444 e. The van der Waals surface area contributed by atoms with Crippen molar-refractivity contribution in [2.45, 2.75) is 46.4 Å². The highest BCUT2D eigenvalue weighted by Crippen LogP contribution is 2.12. The molecule has 0 aliphatic rings. The zero-order chi connectivity index (χ0) is 14.5. The first-order valence-electron chi connectivity index (χ1n) is 5.74.